The van der Waals surface area contributed by atoms with Gasteiger partial charge in [-0.05, 0) is 47.0 Å². The fraction of sp³-hybridized carbons (Fsp3) is 0.769. The maximum Gasteiger partial charge on any atom is 0.260 e. The summed E-state index contributed by atoms with van der Waals surface area (Å²) in [6.07, 6.45) is 1.76. The highest BCUT2D eigenvalue weighted by Crippen LogP contribution is 2.15. The first-order valence-corrected chi connectivity index (χ1v) is 8.75. The summed E-state index contributed by atoms with van der Waals surface area (Å²) in [5, 5.41) is 10.0. The summed E-state index contributed by atoms with van der Waals surface area (Å²) in [6.45, 7) is 6.51. The average molecular weight is 317 g/mol. The Morgan fingerprint density at radius 1 is 1.29 bits per heavy atom. The molecule has 0 aliphatic heterocycles. The Bertz CT molecular complexity index is 525. The molecule has 0 unspecified atom stereocenters. The SMILES string of the molecule is CCCNCc1c(S(=O)(=O)NCCCN(C)C)n[nH]c1C. The fourth-order valence-electron chi connectivity index (χ4n) is 1.92. The monoisotopic (exact) mass is 317 g/mol. The molecule has 0 aromatic carbocycles. The highest BCUT2D eigenvalue weighted by molar-refractivity contribution is 7.89. The molecule has 0 aliphatic rings. The van der Waals surface area contributed by atoms with Gasteiger partial charge in [0.15, 0.2) is 5.03 Å². The summed E-state index contributed by atoms with van der Waals surface area (Å²) in [5.74, 6) is 0. The van der Waals surface area contributed by atoms with Crippen LogP contribution < -0.4 is 10.0 Å². The number of nitrogens with zero attached hydrogens (tertiary/aromatic N) is 2. The van der Waals surface area contributed by atoms with Crippen LogP contribution in [-0.2, 0) is 16.6 Å². The maximum atomic E-state index is 12.3. The lowest BCUT2D eigenvalue weighted by atomic mass is 10.2. The smallest absolute Gasteiger partial charge is 0.260 e. The topological polar surface area (TPSA) is 90.1 Å². The Kier molecular flexibility index (Phi) is 7.30. The van der Waals surface area contributed by atoms with Crippen LogP contribution in [0.1, 0.15) is 31.0 Å². The molecule has 1 aromatic heterocycles. The van der Waals surface area contributed by atoms with E-state index in [0.29, 0.717) is 18.7 Å². The number of hydrogen-bond donors (Lipinski definition) is 3. The minimum Gasteiger partial charge on any atom is -0.313 e. The summed E-state index contributed by atoms with van der Waals surface area (Å²) >= 11 is 0. The third-order valence-electron chi connectivity index (χ3n) is 3.09. The predicted molar refractivity (Wildman–Crippen MR) is 83.7 cm³/mol. The standard InChI is InChI=1S/C13H27N5O2S/c1-5-7-14-10-12-11(2)16-17-13(12)21(19,20)15-8-6-9-18(3)4/h14-15H,5-10H2,1-4H3,(H,16,17). The van der Waals surface area contributed by atoms with Gasteiger partial charge in [0, 0.05) is 24.3 Å². The van der Waals surface area contributed by atoms with Crippen molar-refractivity contribution in [2.24, 2.45) is 0 Å². The van der Waals surface area contributed by atoms with Crippen LogP contribution in [0.2, 0.25) is 0 Å². The third kappa shape index (κ3) is 5.74. The first-order chi connectivity index (χ1) is 9.88. The van der Waals surface area contributed by atoms with E-state index in [2.05, 4.69) is 27.2 Å². The van der Waals surface area contributed by atoms with Crippen molar-refractivity contribution >= 4 is 10.0 Å². The van der Waals surface area contributed by atoms with Gasteiger partial charge in [-0.1, -0.05) is 6.92 Å². The number of aryl methyl sites for hydroxylation is 1. The van der Waals surface area contributed by atoms with Crippen molar-refractivity contribution in [3.63, 3.8) is 0 Å². The number of H-pyrrole nitrogens is 1. The van der Waals surface area contributed by atoms with Gasteiger partial charge < -0.3 is 10.2 Å². The van der Waals surface area contributed by atoms with Crippen LogP contribution in [0.4, 0.5) is 0 Å². The van der Waals surface area contributed by atoms with E-state index >= 15 is 0 Å². The van der Waals surface area contributed by atoms with Crippen molar-refractivity contribution in [1.29, 1.82) is 0 Å². The molecule has 0 atom stereocenters. The second-order valence-electron chi connectivity index (χ2n) is 5.36. The Morgan fingerprint density at radius 2 is 2.00 bits per heavy atom. The van der Waals surface area contributed by atoms with Crippen molar-refractivity contribution in [3.8, 4) is 0 Å². The van der Waals surface area contributed by atoms with Crippen molar-refractivity contribution < 1.29 is 8.42 Å². The second kappa shape index (κ2) is 8.47. The third-order valence-corrected chi connectivity index (χ3v) is 4.52. The molecule has 1 rings (SSSR count). The van der Waals surface area contributed by atoms with Gasteiger partial charge >= 0.3 is 0 Å². The van der Waals surface area contributed by atoms with Gasteiger partial charge in [0.1, 0.15) is 0 Å². The van der Waals surface area contributed by atoms with Gasteiger partial charge in [0.05, 0.1) is 0 Å². The van der Waals surface area contributed by atoms with E-state index in [9.17, 15) is 8.42 Å². The minimum atomic E-state index is -3.56. The zero-order valence-electron chi connectivity index (χ0n) is 13.4. The molecule has 0 bridgehead atoms. The molecule has 0 fully saturated rings. The van der Waals surface area contributed by atoms with Crippen LogP contribution in [0.25, 0.3) is 0 Å². The fourth-order valence-corrected chi connectivity index (χ4v) is 3.19. The number of rotatable bonds is 10. The largest absolute Gasteiger partial charge is 0.313 e. The molecule has 0 aliphatic carbocycles. The minimum absolute atomic E-state index is 0.105. The second-order valence-corrected chi connectivity index (χ2v) is 7.05. The van der Waals surface area contributed by atoms with E-state index in [4.69, 9.17) is 0 Å². The Labute approximate surface area is 127 Å². The highest BCUT2D eigenvalue weighted by Gasteiger charge is 2.22. The lowest BCUT2D eigenvalue weighted by Gasteiger charge is -2.10. The van der Waals surface area contributed by atoms with Crippen LogP contribution >= 0.6 is 0 Å². The van der Waals surface area contributed by atoms with E-state index in [1.165, 1.54) is 0 Å². The summed E-state index contributed by atoms with van der Waals surface area (Å²) in [7, 11) is 0.367. The van der Waals surface area contributed by atoms with Gasteiger partial charge in [-0.25, -0.2) is 13.1 Å². The Hall–Kier alpha value is -0.960. The zero-order chi connectivity index (χ0) is 15.9. The quantitative estimate of drug-likeness (QED) is 0.545. The molecular weight excluding hydrogens is 290 g/mol. The lowest BCUT2D eigenvalue weighted by Crippen LogP contribution is -2.29. The van der Waals surface area contributed by atoms with E-state index in [1.54, 1.807) is 0 Å². The van der Waals surface area contributed by atoms with Crippen LogP contribution in [-0.4, -0.2) is 57.2 Å². The van der Waals surface area contributed by atoms with Crippen molar-refractivity contribution in [1.82, 2.24) is 25.1 Å². The van der Waals surface area contributed by atoms with Crippen molar-refractivity contribution in [2.45, 2.75) is 38.3 Å². The molecule has 0 spiro atoms. The first kappa shape index (κ1) is 18.1. The van der Waals surface area contributed by atoms with Gasteiger partial charge in [0.25, 0.3) is 10.0 Å². The molecule has 3 N–H and O–H groups in total. The molecular formula is C13H27N5O2S. The summed E-state index contributed by atoms with van der Waals surface area (Å²) in [4.78, 5) is 2.02. The molecule has 122 valence electrons. The first-order valence-electron chi connectivity index (χ1n) is 7.27. The van der Waals surface area contributed by atoms with Crippen molar-refractivity contribution in [2.75, 3.05) is 33.7 Å². The number of sulfonamides is 1. The number of nitrogens with one attached hydrogen (secondary N) is 3. The molecule has 1 heterocycles. The zero-order valence-corrected chi connectivity index (χ0v) is 14.2. The number of aromatic nitrogens is 2. The van der Waals surface area contributed by atoms with Crippen LogP contribution in [0.15, 0.2) is 5.03 Å². The Balaban J connectivity index is 2.69. The molecule has 0 amide bonds. The summed E-state index contributed by atoms with van der Waals surface area (Å²) in [5.41, 5.74) is 1.50. The molecule has 0 radical (unpaired) electrons. The normalized spacial score (nSPS) is 12.2. The summed E-state index contributed by atoms with van der Waals surface area (Å²) in [6, 6.07) is 0. The summed E-state index contributed by atoms with van der Waals surface area (Å²) < 4.78 is 27.2. The maximum absolute atomic E-state index is 12.3. The van der Waals surface area contributed by atoms with E-state index in [-0.39, 0.29) is 5.03 Å². The number of hydrogen-bond acceptors (Lipinski definition) is 5. The molecule has 21 heavy (non-hydrogen) atoms. The van der Waals surface area contributed by atoms with Gasteiger partial charge in [-0.3, -0.25) is 5.10 Å². The molecule has 7 nitrogen and oxygen atoms in total. The average Bonchev–Trinajstić information content (AvgIpc) is 2.77. The lowest BCUT2D eigenvalue weighted by molar-refractivity contribution is 0.400. The molecule has 8 heteroatoms. The van der Waals surface area contributed by atoms with E-state index in [1.807, 2.05) is 25.9 Å². The van der Waals surface area contributed by atoms with Gasteiger partial charge in [-0.15, -0.1) is 0 Å². The van der Waals surface area contributed by atoms with E-state index < -0.39 is 10.0 Å². The Morgan fingerprint density at radius 3 is 2.62 bits per heavy atom. The molecule has 0 saturated carbocycles. The van der Waals surface area contributed by atoms with Crippen LogP contribution in [0.3, 0.4) is 0 Å². The van der Waals surface area contributed by atoms with Crippen LogP contribution in [0, 0.1) is 6.92 Å². The highest BCUT2D eigenvalue weighted by atomic mass is 32.2. The van der Waals surface area contributed by atoms with E-state index in [0.717, 1.165) is 31.6 Å². The van der Waals surface area contributed by atoms with Crippen LogP contribution in [0.5, 0.6) is 0 Å². The number of aromatic amines is 1. The predicted octanol–water partition coefficient (Wildman–Crippen LogP) is 0.448. The van der Waals surface area contributed by atoms with Crippen molar-refractivity contribution in [3.05, 3.63) is 11.3 Å². The molecule has 1 aromatic rings. The molecule has 0 saturated heterocycles. The van der Waals surface area contributed by atoms with Gasteiger partial charge in [0.2, 0.25) is 0 Å². The van der Waals surface area contributed by atoms with Gasteiger partial charge in [-0.2, -0.15) is 5.10 Å².